The number of aromatic nitrogens is 2. The summed E-state index contributed by atoms with van der Waals surface area (Å²) >= 11 is 9.38. The third-order valence-corrected chi connectivity index (χ3v) is 14.4. The second kappa shape index (κ2) is 12.1. The van der Waals surface area contributed by atoms with Gasteiger partial charge in [0.2, 0.25) is 23.6 Å². The number of methoxy groups -OCH3 is 1. The van der Waals surface area contributed by atoms with Gasteiger partial charge < -0.3 is 9.84 Å². The number of hydrogen-bond donors (Lipinski definition) is 1. The Morgan fingerprint density at radius 1 is 1.04 bits per heavy atom. The van der Waals surface area contributed by atoms with Crippen LogP contribution in [0.4, 0.5) is 5.82 Å². The maximum atomic E-state index is 15.1. The van der Waals surface area contributed by atoms with Crippen molar-refractivity contribution in [3.05, 3.63) is 92.7 Å². The van der Waals surface area contributed by atoms with E-state index in [-0.39, 0.29) is 48.1 Å². The monoisotopic (exact) mass is 766 g/mol. The summed E-state index contributed by atoms with van der Waals surface area (Å²) in [6.07, 6.45) is 2.59. The van der Waals surface area contributed by atoms with Crippen molar-refractivity contribution in [1.82, 2.24) is 14.7 Å². The Morgan fingerprint density at radius 2 is 1.85 bits per heavy atom. The molecule has 3 aromatic heterocycles. The molecule has 2 aliphatic heterocycles. The number of ether oxygens (including phenoxy) is 1. The minimum atomic E-state index is -1.27. The third-order valence-electron chi connectivity index (χ3n) is 12.0. The van der Waals surface area contributed by atoms with E-state index in [1.54, 1.807) is 41.3 Å². The highest BCUT2D eigenvalue weighted by Gasteiger charge is 2.68. The molecule has 6 atom stereocenters. The molecule has 53 heavy (non-hydrogen) atoms. The number of carbonyl (C=O) groups is 4. The van der Waals surface area contributed by atoms with Crippen molar-refractivity contribution in [2.24, 2.45) is 36.1 Å². The predicted octanol–water partition coefficient (Wildman–Crippen LogP) is 7.47. The van der Waals surface area contributed by atoms with Crippen molar-refractivity contribution in [3.63, 3.8) is 0 Å². The molecule has 2 aromatic carbocycles. The van der Waals surface area contributed by atoms with E-state index in [0.29, 0.717) is 28.5 Å². The second-order valence-corrected chi connectivity index (χ2v) is 17.2. The zero-order valence-corrected chi connectivity index (χ0v) is 31.7. The van der Waals surface area contributed by atoms with Gasteiger partial charge in [0.15, 0.2) is 11.5 Å². The first-order valence-corrected chi connectivity index (χ1v) is 19.6. The van der Waals surface area contributed by atoms with Crippen molar-refractivity contribution in [3.8, 4) is 22.1 Å². The first kappa shape index (κ1) is 34.0. The molecule has 2 saturated heterocycles. The van der Waals surface area contributed by atoms with Gasteiger partial charge in [0.1, 0.15) is 11.5 Å². The number of rotatable bonds is 6. The van der Waals surface area contributed by atoms with Gasteiger partial charge in [-0.2, -0.15) is 5.10 Å². The fraction of sp³-hybridized carbons (Fsp3) is 0.325. The van der Waals surface area contributed by atoms with Gasteiger partial charge >= 0.3 is 0 Å². The number of imide groups is 2. The molecule has 9 rings (SSSR count). The van der Waals surface area contributed by atoms with Crippen LogP contribution in [0.1, 0.15) is 41.7 Å². The lowest BCUT2D eigenvalue weighted by molar-refractivity contribution is -0.141. The van der Waals surface area contributed by atoms with Crippen LogP contribution < -0.4 is 9.64 Å². The molecule has 0 bridgehead atoms. The van der Waals surface area contributed by atoms with E-state index in [4.69, 9.17) is 21.4 Å². The quantitative estimate of drug-likeness (QED) is 0.141. The van der Waals surface area contributed by atoms with Crippen LogP contribution in [-0.2, 0) is 32.8 Å². The largest absolute Gasteiger partial charge is 0.504 e. The van der Waals surface area contributed by atoms with Crippen LogP contribution in [-0.4, -0.2) is 50.5 Å². The summed E-state index contributed by atoms with van der Waals surface area (Å²) in [5.41, 5.74) is 1.85. The molecule has 270 valence electrons. The number of likely N-dealkylation sites (tertiary alicyclic amines) is 1. The Morgan fingerprint density at radius 3 is 2.58 bits per heavy atom. The first-order chi connectivity index (χ1) is 25.4. The number of thiophene rings is 2. The Bertz CT molecular complexity index is 2430. The molecule has 10 nitrogen and oxygen atoms in total. The normalized spacial score (nSPS) is 26.7. The summed E-state index contributed by atoms with van der Waals surface area (Å²) < 4.78 is 7.97. The highest BCUT2D eigenvalue weighted by atomic mass is 35.5. The minimum Gasteiger partial charge on any atom is -0.504 e. The Hall–Kier alpha value is -4.78. The van der Waals surface area contributed by atoms with Gasteiger partial charge in [0.05, 0.1) is 41.7 Å². The number of anilines is 1. The molecule has 1 saturated carbocycles. The number of nitrogens with zero attached hydrogens (tertiary/aromatic N) is 4. The molecule has 6 unspecified atom stereocenters. The van der Waals surface area contributed by atoms with Gasteiger partial charge in [-0.1, -0.05) is 35.4 Å². The Labute approximate surface area is 318 Å². The molecule has 13 heteroatoms. The summed E-state index contributed by atoms with van der Waals surface area (Å²) in [4.78, 5) is 62.4. The van der Waals surface area contributed by atoms with E-state index in [0.717, 1.165) is 31.0 Å². The number of benzene rings is 2. The second-order valence-electron chi connectivity index (χ2n) is 14.6. The maximum absolute atomic E-state index is 15.1. The molecule has 0 radical (unpaired) electrons. The van der Waals surface area contributed by atoms with Crippen molar-refractivity contribution in [1.29, 1.82) is 0 Å². The summed E-state index contributed by atoms with van der Waals surface area (Å²) in [5.74, 6) is -3.81. The highest BCUT2D eigenvalue weighted by Crippen LogP contribution is 2.64. The van der Waals surface area contributed by atoms with Crippen molar-refractivity contribution >= 4 is 73.8 Å². The summed E-state index contributed by atoms with van der Waals surface area (Å²) in [6.45, 7) is 4.05. The zero-order chi connectivity index (χ0) is 37.1. The molecule has 3 fully saturated rings. The molecule has 5 aromatic rings. The molecular weight excluding hydrogens is 732 g/mol. The summed E-state index contributed by atoms with van der Waals surface area (Å²) in [6, 6.07) is 16.4. The number of amides is 4. The SMILES string of the molecule is COc1ccc(C2C3=CCC4C(=O)N(Cc5cccs5)C(=O)C4C3CC3C(=O)N(c4cc(-c5sc6ccc(Cl)cc6c5C)nn4C)C(=O)C32C)cc1O. The van der Waals surface area contributed by atoms with Crippen molar-refractivity contribution in [2.45, 2.75) is 39.2 Å². The number of aromatic hydroxyl groups is 1. The van der Waals surface area contributed by atoms with E-state index in [1.807, 2.05) is 61.7 Å². The van der Waals surface area contributed by atoms with Gasteiger partial charge in [0, 0.05) is 33.6 Å². The van der Waals surface area contributed by atoms with Crippen LogP contribution in [0, 0.1) is 36.0 Å². The molecule has 2 aliphatic carbocycles. The number of hydrogen-bond acceptors (Lipinski definition) is 9. The van der Waals surface area contributed by atoms with E-state index in [1.165, 1.54) is 28.2 Å². The molecule has 1 N–H and O–H groups in total. The predicted molar refractivity (Wildman–Crippen MR) is 203 cm³/mol. The lowest BCUT2D eigenvalue weighted by Crippen LogP contribution is -2.48. The van der Waals surface area contributed by atoms with E-state index in [9.17, 15) is 19.5 Å². The van der Waals surface area contributed by atoms with Crippen LogP contribution in [0.2, 0.25) is 5.02 Å². The minimum absolute atomic E-state index is 0.0966. The van der Waals surface area contributed by atoms with Gasteiger partial charge in [0.25, 0.3) is 0 Å². The van der Waals surface area contributed by atoms with Crippen molar-refractivity contribution < 1.29 is 29.0 Å². The maximum Gasteiger partial charge on any atom is 0.242 e. The van der Waals surface area contributed by atoms with Crippen LogP contribution in [0.25, 0.3) is 20.7 Å². The number of phenols is 1. The lowest BCUT2D eigenvalue weighted by Gasteiger charge is -2.49. The fourth-order valence-corrected chi connectivity index (χ4v) is 11.5. The van der Waals surface area contributed by atoms with Gasteiger partial charge in [-0.15, -0.1) is 22.7 Å². The van der Waals surface area contributed by atoms with E-state index in [2.05, 4.69) is 0 Å². The number of carbonyl (C=O) groups excluding carboxylic acids is 4. The van der Waals surface area contributed by atoms with Crippen LogP contribution >= 0.6 is 34.3 Å². The number of halogens is 1. The van der Waals surface area contributed by atoms with Crippen LogP contribution in [0.5, 0.6) is 11.5 Å². The zero-order valence-electron chi connectivity index (χ0n) is 29.3. The Kier molecular flexibility index (Phi) is 7.78. The van der Waals surface area contributed by atoms with Crippen LogP contribution in [0.15, 0.2) is 71.6 Å². The number of fused-ring (bicyclic) bond motifs is 5. The third kappa shape index (κ3) is 4.84. The average molecular weight is 767 g/mol. The molecular formula is C40H35ClN4O6S2. The Balaban J connectivity index is 1.14. The number of phenolic OH excluding ortho intramolecular Hbond substituents is 1. The average Bonchev–Trinajstić information content (AvgIpc) is 3.94. The van der Waals surface area contributed by atoms with E-state index < -0.39 is 35.0 Å². The first-order valence-electron chi connectivity index (χ1n) is 17.5. The number of aryl methyl sites for hydroxylation is 2. The van der Waals surface area contributed by atoms with Gasteiger partial charge in [-0.3, -0.25) is 28.8 Å². The van der Waals surface area contributed by atoms with E-state index >= 15 is 4.79 Å². The molecule has 4 aliphatic rings. The smallest absolute Gasteiger partial charge is 0.242 e. The van der Waals surface area contributed by atoms with Gasteiger partial charge in [-0.25, -0.2) is 4.90 Å². The molecule has 4 amide bonds. The lowest BCUT2D eigenvalue weighted by atomic mass is 9.51. The highest BCUT2D eigenvalue weighted by molar-refractivity contribution is 7.22. The van der Waals surface area contributed by atoms with Crippen LogP contribution in [0.3, 0.4) is 0 Å². The van der Waals surface area contributed by atoms with Crippen molar-refractivity contribution in [2.75, 3.05) is 12.0 Å². The molecule has 0 spiro atoms. The standard InChI is InChI=1S/C40H35ClN4O6S2/c1-19-25-15-21(41)8-12-31(25)53-35(19)28-17-32(43(3)42-28)45-37(48)27-16-26-23(34(40(27,2)39(45)50)20-7-11-30(51-4)29(46)14-20)9-10-24-33(26)38(49)44(36(24)47)18-22-6-5-13-52-22/h5-9,11-15,17,24,26-27,33-34,46H,10,16,18H2,1-4H3. The summed E-state index contributed by atoms with van der Waals surface area (Å²) in [5, 5.41) is 19.4. The fourth-order valence-electron chi connectivity index (χ4n) is 9.50. The number of allylic oxidation sites excluding steroid dienone is 2. The summed E-state index contributed by atoms with van der Waals surface area (Å²) in [7, 11) is 3.19. The molecule has 5 heterocycles. The van der Waals surface area contributed by atoms with Gasteiger partial charge in [-0.05, 0) is 90.9 Å². The topological polar surface area (TPSA) is 122 Å².